The predicted octanol–water partition coefficient (Wildman–Crippen LogP) is 1.74. The molecule has 1 unspecified atom stereocenters. The fourth-order valence-corrected chi connectivity index (χ4v) is 3.82. The molecule has 0 spiro atoms. The number of nitrogens with zero attached hydrogens (tertiary/aromatic N) is 2. The number of benzene rings is 1. The molecule has 2 saturated heterocycles. The largest absolute Gasteiger partial charge is 0.352 e. The van der Waals surface area contributed by atoms with Gasteiger partial charge in [0.15, 0.2) is 0 Å². The molecule has 2 fully saturated rings. The Labute approximate surface area is 149 Å². The van der Waals surface area contributed by atoms with Gasteiger partial charge in [-0.15, -0.1) is 0 Å². The summed E-state index contributed by atoms with van der Waals surface area (Å²) in [4.78, 5) is 28.9. The fraction of sp³-hybridized carbons (Fsp3) is 0.579. The summed E-state index contributed by atoms with van der Waals surface area (Å²) in [6.45, 7) is 7.14. The van der Waals surface area contributed by atoms with Crippen LogP contribution in [0.5, 0.6) is 0 Å². The van der Waals surface area contributed by atoms with Crippen molar-refractivity contribution >= 4 is 11.9 Å². The average molecular weight is 344 g/mol. The highest BCUT2D eigenvalue weighted by Gasteiger charge is 2.35. The molecule has 6 heteroatoms. The van der Waals surface area contributed by atoms with Crippen molar-refractivity contribution in [1.82, 2.24) is 20.4 Å². The van der Waals surface area contributed by atoms with Crippen molar-refractivity contribution in [3.05, 3.63) is 35.9 Å². The van der Waals surface area contributed by atoms with Crippen molar-refractivity contribution in [2.45, 2.75) is 44.8 Å². The second kappa shape index (κ2) is 7.87. The molecule has 2 heterocycles. The third-order valence-corrected chi connectivity index (χ3v) is 4.99. The summed E-state index contributed by atoms with van der Waals surface area (Å²) in [7, 11) is 0. The van der Waals surface area contributed by atoms with Crippen LogP contribution in [0.25, 0.3) is 0 Å². The summed E-state index contributed by atoms with van der Waals surface area (Å²) < 4.78 is 0. The number of piperidine rings is 1. The highest BCUT2D eigenvalue weighted by Crippen LogP contribution is 2.27. The fourth-order valence-electron chi connectivity index (χ4n) is 3.82. The van der Waals surface area contributed by atoms with Crippen molar-refractivity contribution < 1.29 is 9.59 Å². The molecule has 3 rings (SSSR count). The highest BCUT2D eigenvalue weighted by molar-refractivity contribution is 5.83. The molecule has 2 aliphatic heterocycles. The molecule has 2 aliphatic rings. The molecule has 6 nitrogen and oxygen atoms in total. The van der Waals surface area contributed by atoms with Gasteiger partial charge in [-0.25, -0.2) is 4.79 Å². The first-order valence-electron chi connectivity index (χ1n) is 9.20. The van der Waals surface area contributed by atoms with E-state index in [1.165, 1.54) is 0 Å². The summed E-state index contributed by atoms with van der Waals surface area (Å²) >= 11 is 0. The van der Waals surface area contributed by atoms with Crippen molar-refractivity contribution in [3.8, 4) is 0 Å². The van der Waals surface area contributed by atoms with Crippen LogP contribution in [0.2, 0.25) is 0 Å². The van der Waals surface area contributed by atoms with Crippen LogP contribution in [0, 0.1) is 0 Å². The molecule has 25 heavy (non-hydrogen) atoms. The molecule has 0 bridgehead atoms. The number of nitrogens with one attached hydrogen (secondary N) is 2. The van der Waals surface area contributed by atoms with E-state index in [1.54, 1.807) is 0 Å². The first-order valence-corrected chi connectivity index (χ1v) is 9.20. The topological polar surface area (TPSA) is 64.7 Å². The first-order chi connectivity index (χ1) is 12.1. The number of hydrogen-bond donors (Lipinski definition) is 2. The zero-order chi connectivity index (χ0) is 17.8. The maximum atomic E-state index is 12.8. The molecule has 0 aromatic heterocycles. The van der Waals surface area contributed by atoms with E-state index >= 15 is 0 Å². The molecular formula is C19H28N4O2. The van der Waals surface area contributed by atoms with E-state index in [0.717, 1.165) is 44.6 Å². The summed E-state index contributed by atoms with van der Waals surface area (Å²) in [6.07, 6.45) is 1.82. The molecule has 1 atom stereocenters. The first kappa shape index (κ1) is 17.7. The van der Waals surface area contributed by atoms with Crippen molar-refractivity contribution in [2.75, 3.05) is 26.2 Å². The Balaban J connectivity index is 1.70. The third-order valence-electron chi connectivity index (χ3n) is 4.99. The molecule has 0 aliphatic carbocycles. The standard InChI is InChI=1S/C19H28N4O2/c1-14(2)21-18(24)17(15-6-4-3-5-7-15)22-11-8-16(9-12-22)23-13-10-20-19(23)25/h3-7,14,16-17H,8-13H2,1-2H3,(H,20,25)(H,21,24). The molecule has 0 radical (unpaired) electrons. The third kappa shape index (κ3) is 4.12. The van der Waals surface area contributed by atoms with Gasteiger partial charge in [-0.2, -0.15) is 0 Å². The number of carbonyl (C=O) groups excluding carboxylic acids is 2. The molecule has 2 N–H and O–H groups in total. The van der Waals surface area contributed by atoms with E-state index in [4.69, 9.17) is 0 Å². The smallest absolute Gasteiger partial charge is 0.317 e. The zero-order valence-electron chi connectivity index (χ0n) is 15.1. The van der Waals surface area contributed by atoms with Crippen LogP contribution in [0.3, 0.4) is 0 Å². The van der Waals surface area contributed by atoms with Gasteiger partial charge in [0, 0.05) is 38.3 Å². The lowest BCUT2D eigenvalue weighted by Crippen LogP contribution is -2.50. The van der Waals surface area contributed by atoms with E-state index in [1.807, 2.05) is 49.1 Å². The minimum atomic E-state index is -0.267. The number of hydrogen-bond acceptors (Lipinski definition) is 3. The van der Waals surface area contributed by atoms with Crippen molar-refractivity contribution in [1.29, 1.82) is 0 Å². The normalized spacial score (nSPS) is 20.6. The van der Waals surface area contributed by atoms with Gasteiger partial charge >= 0.3 is 6.03 Å². The van der Waals surface area contributed by atoms with Crippen molar-refractivity contribution in [2.24, 2.45) is 0 Å². The average Bonchev–Trinajstić information content (AvgIpc) is 3.02. The van der Waals surface area contributed by atoms with Gasteiger partial charge in [0.1, 0.15) is 6.04 Å². The van der Waals surface area contributed by atoms with Crippen LogP contribution < -0.4 is 10.6 Å². The summed E-state index contributed by atoms with van der Waals surface area (Å²) in [6, 6.07) is 10.1. The second-order valence-corrected chi connectivity index (χ2v) is 7.17. The SMILES string of the molecule is CC(C)NC(=O)C(c1ccccc1)N1CCC(N2CCNC2=O)CC1. The second-order valence-electron chi connectivity index (χ2n) is 7.17. The number of likely N-dealkylation sites (tertiary alicyclic amines) is 1. The van der Waals surface area contributed by atoms with Gasteiger partial charge in [-0.05, 0) is 32.3 Å². The maximum Gasteiger partial charge on any atom is 0.317 e. The van der Waals surface area contributed by atoms with Crippen LogP contribution in [-0.2, 0) is 4.79 Å². The van der Waals surface area contributed by atoms with Crippen molar-refractivity contribution in [3.63, 3.8) is 0 Å². The van der Waals surface area contributed by atoms with Crippen LogP contribution in [-0.4, -0.2) is 60.0 Å². The molecule has 1 aromatic carbocycles. The number of amides is 3. The summed E-state index contributed by atoms with van der Waals surface area (Å²) in [5.74, 6) is 0.0542. The van der Waals surface area contributed by atoms with E-state index in [0.29, 0.717) is 0 Å². The monoisotopic (exact) mass is 344 g/mol. The number of carbonyl (C=O) groups is 2. The zero-order valence-corrected chi connectivity index (χ0v) is 15.1. The predicted molar refractivity (Wildman–Crippen MR) is 97.2 cm³/mol. The molecule has 3 amide bonds. The minimum Gasteiger partial charge on any atom is -0.352 e. The Morgan fingerprint density at radius 2 is 1.84 bits per heavy atom. The number of rotatable bonds is 5. The highest BCUT2D eigenvalue weighted by atomic mass is 16.2. The van der Waals surface area contributed by atoms with Gasteiger partial charge in [-0.1, -0.05) is 30.3 Å². The van der Waals surface area contributed by atoms with Crippen LogP contribution in [0.4, 0.5) is 4.79 Å². The van der Waals surface area contributed by atoms with Crippen LogP contribution in [0.1, 0.15) is 38.3 Å². The Morgan fingerprint density at radius 3 is 2.40 bits per heavy atom. The molecule has 0 saturated carbocycles. The summed E-state index contributed by atoms with van der Waals surface area (Å²) in [5, 5.41) is 5.93. The van der Waals surface area contributed by atoms with Gasteiger partial charge in [0.2, 0.25) is 5.91 Å². The van der Waals surface area contributed by atoms with E-state index < -0.39 is 0 Å². The number of urea groups is 1. The summed E-state index contributed by atoms with van der Waals surface area (Å²) in [5.41, 5.74) is 1.03. The Kier molecular flexibility index (Phi) is 5.58. The van der Waals surface area contributed by atoms with E-state index in [-0.39, 0.29) is 30.1 Å². The maximum absolute atomic E-state index is 12.8. The van der Waals surface area contributed by atoms with Gasteiger partial charge in [0.25, 0.3) is 0 Å². The van der Waals surface area contributed by atoms with E-state index in [9.17, 15) is 9.59 Å². The minimum absolute atomic E-state index is 0.0515. The molecule has 1 aromatic rings. The van der Waals surface area contributed by atoms with Gasteiger partial charge < -0.3 is 15.5 Å². The van der Waals surface area contributed by atoms with Gasteiger partial charge in [0.05, 0.1) is 0 Å². The van der Waals surface area contributed by atoms with Gasteiger partial charge in [-0.3, -0.25) is 9.69 Å². The molecular weight excluding hydrogens is 316 g/mol. The van der Waals surface area contributed by atoms with Crippen LogP contribution in [0.15, 0.2) is 30.3 Å². The lowest BCUT2D eigenvalue weighted by Gasteiger charge is -2.39. The molecule has 136 valence electrons. The lowest BCUT2D eigenvalue weighted by atomic mass is 9.97. The lowest BCUT2D eigenvalue weighted by molar-refractivity contribution is -0.127. The quantitative estimate of drug-likeness (QED) is 0.855. The Hall–Kier alpha value is -2.08. The van der Waals surface area contributed by atoms with E-state index in [2.05, 4.69) is 15.5 Å². The van der Waals surface area contributed by atoms with Crippen LogP contribution >= 0.6 is 0 Å². The Bertz CT molecular complexity index is 597. The Morgan fingerprint density at radius 1 is 1.16 bits per heavy atom.